The van der Waals surface area contributed by atoms with Crippen LogP contribution in [0.15, 0.2) is 42.5 Å². The summed E-state index contributed by atoms with van der Waals surface area (Å²) >= 11 is 0. The molecule has 2 aromatic rings. The lowest BCUT2D eigenvalue weighted by atomic mass is 9.90. The predicted octanol–water partition coefficient (Wildman–Crippen LogP) is 2.24. The van der Waals surface area contributed by atoms with Crippen LogP contribution in [0.5, 0.6) is 17.2 Å². The molecule has 1 unspecified atom stereocenters. The average Bonchev–Trinajstić information content (AvgIpc) is 2.57. The van der Waals surface area contributed by atoms with Gasteiger partial charge in [-0.3, -0.25) is 0 Å². The van der Waals surface area contributed by atoms with E-state index in [1.165, 1.54) is 13.0 Å². The van der Waals surface area contributed by atoms with E-state index in [4.69, 9.17) is 9.47 Å². The minimum absolute atomic E-state index is 0.0725. The number of hydrogen-bond donors (Lipinski definition) is 3. The average molecular weight is 343 g/mol. The van der Waals surface area contributed by atoms with E-state index < -0.39 is 17.6 Å². The number of alkyl carbamates (subject to hydrolysis) is 1. The van der Waals surface area contributed by atoms with Crippen LogP contribution in [0.1, 0.15) is 18.1 Å². The zero-order chi connectivity index (χ0) is 18.0. The van der Waals surface area contributed by atoms with Crippen molar-refractivity contribution in [2.75, 3.05) is 0 Å². The van der Waals surface area contributed by atoms with E-state index in [-0.39, 0.29) is 30.3 Å². The molecule has 3 N–H and O–H groups in total. The molecular formula is C18H17NO6. The van der Waals surface area contributed by atoms with Crippen LogP contribution in [-0.4, -0.2) is 27.8 Å². The standard InChI is InChI=1S/C18H17NO6/c1-18(19-17(23)24-10-11-5-3-2-4-6-11)9-12-7-13(20)14(21)8-15(12)25-16(18)22/h2-8,20-21H,9-10H2,1H3,(H,19,23). The molecule has 7 nitrogen and oxygen atoms in total. The largest absolute Gasteiger partial charge is 0.504 e. The third-order valence-electron chi connectivity index (χ3n) is 3.95. The van der Waals surface area contributed by atoms with Crippen LogP contribution in [-0.2, 0) is 22.6 Å². The first kappa shape index (κ1) is 16.6. The Hall–Kier alpha value is -3.22. The number of carbonyl (C=O) groups excluding carboxylic acids is 2. The van der Waals surface area contributed by atoms with E-state index in [0.717, 1.165) is 11.6 Å². The maximum absolute atomic E-state index is 12.2. The predicted molar refractivity (Wildman–Crippen MR) is 87.3 cm³/mol. The number of phenolic OH excluding ortho intramolecular Hbond substituents is 2. The summed E-state index contributed by atoms with van der Waals surface area (Å²) in [6, 6.07) is 11.6. The van der Waals surface area contributed by atoms with Crippen molar-refractivity contribution in [1.82, 2.24) is 5.32 Å². The number of nitrogens with one attached hydrogen (secondary N) is 1. The second-order valence-corrected chi connectivity index (χ2v) is 6.03. The number of ether oxygens (including phenoxy) is 2. The highest BCUT2D eigenvalue weighted by Gasteiger charge is 2.42. The number of benzene rings is 2. The Morgan fingerprint density at radius 3 is 2.64 bits per heavy atom. The number of amides is 1. The monoisotopic (exact) mass is 343 g/mol. The van der Waals surface area contributed by atoms with E-state index in [9.17, 15) is 19.8 Å². The molecule has 0 saturated carbocycles. The number of carbonyl (C=O) groups is 2. The van der Waals surface area contributed by atoms with Crippen molar-refractivity contribution in [2.45, 2.75) is 25.5 Å². The molecule has 0 bridgehead atoms. The molecule has 1 atom stereocenters. The summed E-state index contributed by atoms with van der Waals surface area (Å²) in [5.41, 5.74) is -0.0370. The normalized spacial score (nSPS) is 18.8. The Bertz CT molecular complexity index is 820. The first-order valence-corrected chi connectivity index (χ1v) is 7.63. The molecular weight excluding hydrogens is 326 g/mol. The van der Waals surface area contributed by atoms with Crippen LogP contribution in [0.4, 0.5) is 4.79 Å². The fraction of sp³-hybridized carbons (Fsp3) is 0.222. The number of esters is 1. The van der Waals surface area contributed by atoms with Gasteiger partial charge < -0.3 is 25.0 Å². The molecule has 1 heterocycles. The first-order chi connectivity index (χ1) is 11.9. The SMILES string of the molecule is CC1(NC(=O)OCc2ccccc2)Cc2cc(O)c(O)cc2OC1=O. The molecule has 130 valence electrons. The summed E-state index contributed by atoms with van der Waals surface area (Å²) in [5.74, 6) is -1.24. The molecule has 25 heavy (non-hydrogen) atoms. The summed E-state index contributed by atoms with van der Waals surface area (Å²) in [6.07, 6.45) is -0.662. The molecule has 0 aromatic heterocycles. The molecule has 1 aliphatic heterocycles. The van der Waals surface area contributed by atoms with Crippen LogP contribution < -0.4 is 10.1 Å². The number of aromatic hydroxyl groups is 2. The summed E-state index contributed by atoms with van der Waals surface area (Å²) in [7, 11) is 0. The van der Waals surface area contributed by atoms with Gasteiger partial charge in [0.2, 0.25) is 0 Å². The van der Waals surface area contributed by atoms with Gasteiger partial charge in [-0.05, 0) is 18.6 Å². The van der Waals surface area contributed by atoms with Gasteiger partial charge in [-0.2, -0.15) is 0 Å². The lowest BCUT2D eigenvalue weighted by molar-refractivity contribution is -0.142. The maximum Gasteiger partial charge on any atom is 0.408 e. The molecule has 3 rings (SSSR count). The Kier molecular flexibility index (Phi) is 4.22. The smallest absolute Gasteiger partial charge is 0.408 e. The highest BCUT2D eigenvalue weighted by atomic mass is 16.6. The van der Waals surface area contributed by atoms with Gasteiger partial charge in [-0.25, -0.2) is 9.59 Å². The lowest BCUT2D eigenvalue weighted by Gasteiger charge is -2.32. The topological polar surface area (TPSA) is 105 Å². The number of phenols is 2. The van der Waals surface area contributed by atoms with E-state index in [2.05, 4.69) is 5.32 Å². The zero-order valence-electron chi connectivity index (χ0n) is 13.5. The highest BCUT2D eigenvalue weighted by Crippen LogP contribution is 2.38. The van der Waals surface area contributed by atoms with E-state index in [0.29, 0.717) is 5.56 Å². The van der Waals surface area contributed by atoms with Gasteiger partial charge in [0.05, 0.1) is 0 Å². The molecule has 0 radical (unpaired) electrons. The minimum atomic E-state index is -1.34. The minimum Gasteiger partial charge on any atom is -0.504 e. The van der Waals surface area contributed by atoms with Crippen LogP contribution in [0.3, 0.4) is 0 Å². The molecule has 1 amide bonds. The van der Waals surface area contributed by atoms with Crippen LogP contribution in [0, 0.1) is 0 Å². The van der Waals surface area contributed by atoms with Crippen molar-refractivity contribution in [1.29, 1.82) is 0 Å². The molecule has 0 aliphatic carbocycles. The van der Waals surface area contributed by atoms with Gasteiger partial charge in [0.15, 0.2) is 11.5 Å². The second-order valence-electron chi connectivity index (χ2n) is 6.03. The summed E-state index contributed by atoms with van der Waals surface area (Å²) < 4.78 is 10.3. The summed E-state index contributed by atoms with van der Waals surface area (Å²) in [6.45, 7) is 1.58. The molecule has 0 fully saturated rings. The maximum atomic E-state index is 12.2. The lowest BCUT2D eigenvalue weighted by Crippen LogP contribution is -2.57. The first-order valence-electron chi connectivity index (χ1n) is 7.63. The summed E-state index contributed by atoms with van der Waals surface area (Å²) in [4.78, 5) is 24.3. The quantitative estimate of drug-likeness (QED) is 0.448. The Morgan fingerprint density at radius 2 is 1.92 bits per heavy atom. The number of hydrogen-bond acceptors (Lipinski definition) is 6. The molecule has 2 aromatic carbocycles. The molecule has 7 heteroatoms. The third kappa shape index (κ3) is 3.50. The van der Waals surface area contributed by atoms with Crippen LogP contribution in [0.2, 0.25) is 0 Å². The van der Waals surface area contributed by atoms with Crippen molar-refractivity contribution >= 4 is 12.1 Å². The van der Waals surface area contributed by atoms with Crippen LogP contribution in [0.25, 0.3) is 0 Å². The molecule has 1 aliphatic rings. The fourth-order valence-electron chi connectivity index (χ4n) is 2.58. The molecule has 0 saturated heterocycles. The van der Waals surface area contributed by atoms with Gasteiger partial charge in [0.25, 0.3) is 0 Å². The van der Waals surface area contributed by atoms with Crippen molar-refractivity contribution in [2.24, 2.45) is 0 Å². The third-order valence-corrected chi connectivity index (χ3v) is 3.95. The van der Waals surface area contributed by atoms with Crippen LogP contribution >= 0.6 is 0 Å². The van der Waals surface area contributed by atoms with Crippen molar-refractivity contribution in [3.8, 4) is 17.2 Å². The molecule has 0 spiro atoms. The fourth-order valence-corrected chi connectivity index (χ4v) is 2.58. The van der Waals surface area contributed by atoms with Crippen molar-refractivity contribution in [3.05, 3.63) is 53.6 Å². The zero-order valence-corrected chi connectivity index (χ0v) is 13.5. The summed E-state index contributed by atoms with van der Waals surface area (Å²) in [5, 5.41) is 21.6. The Labute approximate surface area is 143 Å². The highest BCUT2D eigenvalue weighted by molar-refractivity contribution is 5.89. The van der Waals surface area contributed by atoms with Gasteiger partial charge >= 0.3 is 12.1 Å². The van der Waals surface area contributed by atoms with Crippen molar-refractivity contribution in [3.63, 3.8) is 0 Å². The Morgan fingerprint density at radius 1 is 1.24 bits per heavy atom. The van der Waals surface area contributed by atoms with Gasteiger partial charge in [-0.15, -0.1) is 0 Å². The van der Waals surface area contributed by atoms with E-state index in [1.807, 2.05) is 30.3 Å². The van der Waals surface area contributed by atoms with E-state index in [1.54, 1.807) is 0 Å². The number of rotatable bonds is 3. The van der Waals surface area contributed by atoms with Gasteiger partial charge in [0.1, 0.15) is 17.9 Å². The second kappa shape index (κ2) is 6.35. The van der Waals surface area contributed by atoms with Gasteiger partial charge in [0, 0.05) is 18.1 Å². The van der Waals surface area contributed by atoms with E-state index >= 15 is 0 Å². The number of fused-ring (bicyclic) bond motifs is 1. The Balaban J connectivity index is 1.69. The van der Waals surface area contributed by atoms with Crippen molar-refractivity contribution < 1.29 is 29.3 Å². The van der Waals surface area contributed by atoms with Gasteiger partial charge in [-0.1, -0.05) is 30.3 Å².